The van der Waals surface area contributed by atoms with Crippen molar-refractivity contribution in [1.29, 1.82) is 0 Å². The molecule has 112 valence electrons. The fourth-order valence-corrected chi connectivity index (χ4v) is 2.80. The molecule has 2 aliphatic heterocycles. The van der Waals surface area contributed by atoms with Crippen LogP contribution in [0.1, 0.15) is 5.69 Å². The fourth-order valence-electron chi connectivity index (χ4n) is 2.80. The number of urea groups is 1. The monoisotopic (exact) mass is 293 g/mol. The van der Waals surface area contributed by atoms with Gasteiger partial charge in [-0.15, -0.1) is 0 Å². The zero-order chi connectivity index (χ0) is 15.1. The second-order valence-corrected chi connectivity index (χ2v) is 5.08. The topological polar surface area (TPSA) is 131 Å². The maximum atomic E-state index is 11.6. The first-order chi connectivity index (χ1) is 9.97. The van der Waals surface area contributed by atoms with E-state index in [1.807, 2.05) is 0 Å². The van der Waals surface area contributed by atoms with E-state index in [4.69, 9.17) is 5.73 Å². The van der Waals surface area contributed by atoms with Gasteiger partial charge in [0.15, 0.2) is 0 Å². The molecule has 0 aliphatic carbocycles. The molecule has 21 heavy (non-hydrogen) atoms. The van der Waals surface area contributed by atoms with Crippen LogP contribution in [0.4, 0.5) is 22.2 Å². The Bertz CT molecular complexity index is 620. The second-order valence-electron chi connectivity index (χ2n) is 5.08. The van der Waals surface area contributed by atoms with Crippen molar-refractivity contribution >= 4 is 23.5 Å². The number of carbonyl (C=O) groups is 1. The second kappa shape index (κ2) is 4.72. The van der Waals surface area contributed by atoms with E-state index in [2.05, 4.69) is 15.3 Å². The minimum absolute atomic E-state index is 0.0103. The number of amides is 2. The molecule has 0 saturated carbocycles. The minimum atomic E-state index is -0.492. The van der Waals surface area contributed by atoms with Gasteiger partial charge in [0, 0.05) is 26.2 Å². The van der Waals surface area contributed by atoms with E-state index >= 15 is 0 Å². The molecule has 10 heteroatoms. The van der Waals surface area contributed by atoms with Crippen LogP contribution in [-0.4, -0.2) is 58.0 Å². The molecule has 1 aromatic heterocycles. The Morgan fingerprint density at radius 3 is 2.90 bits per heavy atom. The van der Waals surface area contributed by atoms with Gasteiger partial charge >= 0.3 is 11.7 Å². The molecule has 2 aliphatic rings. The van der Waals surface area contributed by atoms with E-state index in [9.17, 15) is 14.9 Å². The smallest absolute Gasteiger partial charge is 0.332 e. The van der Waals surface area contributed by atoms with Crippen LogP contribution < -0.4 is 16.0 Å². The molecule has 2 amide bonds. The Labute approximate surface area is 120 Å². The summed E-state index contributed by atoms with van der Waals surface area (Å²) in [7, 11) is 0. The van der Waals surface area contributed by atoms with Crippen LogP contribution in [0.25, 0.3) is 0 Å². The lowest BCUT2D eigenvalue weighted by Gasteiger charge is -2.36. The first-order valence-corrected chi connectivity index (χ1v) is 6.55. The average molecular weight is 293 g/mol. The van der Waals surface area contributed by atoms with E-state index < -0.39 is 4.92 Å². The summed E-state index contributed by atoms with van der Waals surface area (Å²) in [5.41, 5.74) is 5.73. The SMILES string of the molecule is Cc1nc(N)nc(N2CCN3C(=O)NCC3C2)c1[N+](=O)[O-]. The van der Waals surface area contributed by atoms with Gasteiger partial charge in [-0.25, -0.2) is 9.78 Å². The lowest BCUT2D eigenvalue weighted by Crippen LogP contribution is -2.52. The Balaban J connectivity index is 1.94. The number of fused-ring (bicyclic) bond motifs is 1. The summed E-state index contributed by atoms with van der Waals surface area (Å²) in [5, 5.41) is 14.0. The molecular formula is C11H15N7O3. The van der Waals surface area contributed by atoms with Crippen LogP contribution in [-0.2, 0) is 0 Å². The molecule has 2 saturated heterocycles. The molecule has 0 spiro atoms. The molecular weight excluding hydrogens is 278 g/mol. The first kappa shape index (κ1) is 13.3. The molecule has 3 heterocycles. The number of nitrogens with zero attached hydrogens (tertiary/aromatic N) is 5. The largest absolute Gasteiger partial charge is 0.368 e. The Kier molecular flexibility index (Phi) is 3.00. The van der Waals surface area contributed by atoms with E-state index in [-0.39, 0.29) is 35.2 Å². The van der Waals surface area contributed by atoms with E-state index in [0.29, 0.717) is 26.2 Å². The fraction of sp³-hybridized carbons (Fsp3) is 0.545. The predicted molar refractivity (Wildman–Crippen MR) is 73.9 cm³/mol. The molecule has 0 radical (unpaired) electrons. The number of anilines is 2. The Morgan fingerprint density at radius 1 is 1.43 bits per heavy atom. The molecule has 3 rings (SSSR count). The maximum absolute atomic E-state index is 11.6. The van der Waals surface area contributed by atoms with Gasteiger partial charge in [0.25, 0.3) is 0 Å². The van der Waals surface area contributed by atoms with Crippen molar-refractivity contribution in [3.8, 4) is 0 Å². The van der Waals surface area contributed by atoms with Gasteiger partial charge < -0.3 is 20.9 Å². The van der Waals surface area contributed by atoms with Crippen molar-refractivity contribution in [2.24, 2.45) is 0 Å². The number of aromatic nitrogens is 2. The van der Waals surface area contributed by atoms with Crippen molar-refractivity contribution in [3.05, 3.63) is 15.8 Å². The first-order valence-electron chi connectivity index (χ1n) is 6.55. The molecule has 1 aromatic rings. The van der Waals surface area contributed by atoms with E-state index in [1.54, 1.807) is 9.80 Å². The maximum Gasteiger partial charge on any atom is 0.332 e. The van der Waals surface area contributed by atoms with Crippen molar-refractivity contribution < 1.29 is 9.72 Å². The summed E-state index contributed by atoms with van der Waals surface area (Å²) in [4.78, 5) is 33.8. The van der Waals surface area contributed by atoms with Crippen molar-refractivity contribution in [3.63, 3.8) is 0 Å². The third kappa shape index (κ3) is 2.18. The standard InChI is InChI=1S/C11H15N7O3/c1-6-8(18(20)21)9(15-10(12)14-6)16-2-3-17-7(5-16)4-13-11(17)19/h7H,2-5H2,1H3,(H,13,19)(H2,12,14,15). The van der Waals surface area contributed by atoms with Crippen LogP contribution in [0.5, 0.6) is 0 Å². The summed E-state index contributed by atoms with van der Waals surface area (Å²) < 4.78 is 0. The van der Waals surface area contributed by atoms with Gasteiger partial charge in [-0.2, -0.15) is 4.98 Å². The third-order valence-electron chi connectivity index (χ3n) is 3.77. The Morgan fingerprint density at radius 2 is 2.19 bits per heavy atom. The van der Waals surface area contributed by atoms with Crippen LogP contribution in [0.3, 0.4) is 0 Å². The zero-order valence-corrected chi connectivity index (χ0v) is 11.4. The summed E-state index contributed by atoms with van der Waals surface area (Å²) in [6.07, 6.45) is 0. The number of aryl methyl sites for hydroxylation is 1. The van der Waals surface area contributed by atoms with Crippen LogP contribution in [0.15, 0.2) is 0 Å². The van der Waals surface area contributed by atoms with Crippen molar-refractivity contribution in [2.75, 3.05) is 36.8 Å². The van der Waals surface area contributed by atoms with E-state index in [0.717, 1.165) is 0 Å². The molecule has 3 N–H and O–H groups in total. The van der Waals surface area contributed by atoms with Crippen LogP contribution >= 0.6 is 0 Å². The van der Waals surface area contributed by atoms with Gasteiger partial charge in [-0.3, -0.25) is 10.1 Å². The predicted octanol–water partition coefficient (Wildman–Crippen LogP) is -0.511. The van der Waals surface area contributed by atoms with Crippen molar-refractivity contribution in [2.45, 2.75) is 13.0 Å². The lowest BCUT2D eigenvalue weighted by molar-refractivity contribution is -0.385. The zero-order valence-electron chi connectivity index (χ0n) is 11.4. The van der Waals surface area contributed by atoms with Gasteiger partial charge in [0.05, 0.1) is 11.0 Å². The quantitative estimate of drug-likeness (QED) is 0.554. The molecule has 10 nitrogen and oxygen atoms in total. The lowest BCUT2D eigenvalue weighted by atomic mass is 10.2. The number of nitrogens with two attached hydrogens (primary N) is 1. The summed E-state index contributed by atoms with van der Waals surface area (Å²) in [6.45, 7) is 3.52. The number of nitrogens with one attached hydrogen (secondary N) is 1. The summed E-state index contributed by atoms with van der Waals surface area (Å²) in [6, 6.07) is -0.102. The number of nitrogen functional groups attached to an aromatic ring is 1. The Hall–Kier alpha value is -2.65. The van der Waals surface area contributed by atoms with Crippen molar-refractivity contribution in [1.82, 2.24) is 20.2 Å². The number of piperazine rings is 1. The minimum Gasteiger partial charge on any atom is -0.368 e. The number of hydrogen-bond acceptors (Lipinski definition) is 7. The molecule has 1 atom stereocenters. The summed E-state index contributed by atoms with van der Waals surface area (Å²) >= 11 is 0. The van der Waals surface area contributed by atoms with Crippen LogP contribution in [0, 0.1) is 17.0 Å². The van der Waals surface area contributed by atoms with E-state index in [1.165, 1.54) is 6.92 Å². The highest BCUT2D eigenvalue weighted by atomic mass is 16.6. The molecule has 2 fully saturated rings. The van der Waals surface area contributed by atoms with Gasteiger partial charge in [0.1, 0.15) is 5.69 Å². The molecule has 0 bridgehead atoms. The van der Waals surface area contributed by atoms with Gasteiger partial charge in [-0.05, 0) is 6.92 Å². The van der Waals surface area contributed by atoms with Gasteiger partial charge in [0.2, 0.25) is 11.8 Å². The van der Waals surface area contributed by atoms with Gasteiger partial charge in [-0.1, -0.05) is 0 Å². The van der Waals surface area contributed by atoms with Crippen LogP contribution in [0.2, 0.25) is 0 Å². The highest BCUT2D eigenvalue weighted by Gasteiger charge is 2.38. The number of rotatable bonds is 2. The molecule has 0 aromatic carbocycles. The number of hydrogen-bond donors (Lipinski definition) is 2. The number of nitro groups is 1. The third-order valence-corrected chi connectivity index (χ3v) is 3.77. The highest BCUT2D eigenvalue weighted by Crippen LogP contribution is 2.31. The highest BCUT2D eigenvalue weighted by molar-refractivity contribution is 5.77. The normalized spacial score (nSPS) is 21.2. The summed E-state index contributed by atoms with van der Waals surface area (Å²) in [5.74, 6) is 0.236. The average Bonchev–Trinajstić information content (AvgIpc) is 2.78. The number of carbonyl (C=O) groups excluding carboxylic acids is 1. The molecule has 1 unspecified atom stereocenters.